The first-order chi connectivity index (χ1) is 8.09. The topological polar surface area (TPSA) is 55.8 Å². The van der Waals surface area contributed by atoms with Gasteiger partial charge in [0.05, 0.1) is 11.7 Å². The average molecular weight is 239 g/mol. The van der Waals surface area contributed by atoms with Crippen LogP contribution in [0.1, 0.15) is 10.4 Å². The molecule has 0 spiro atoms. The van der Waals surface area contributed by atoms with Crippen molar-refractivity contribution in [2.75, 3.05) is 0 Å². The second-order valence-corrected chi connectivity index (χ2v) is 3.75. The van der Waals surface area contributed by atoms with E-state index in [1.807, 2.05) is 0 Å². The molecule has 1 aromatic carbocycles. The quantitative estimate of drug-likeness (QED) is 0.785. The van der Waals surface area contributed by atoms with Crippen molar-refractivity contribution in [2.24, 2.45) is 0 Å². The fourth-order valence-electron chi connectivity index (χ4n) is 1.59. The number of rotatable bonds is 2. The van der Waals surface area contributed by atoms with E-state index in [1.54, 1.807) is 30.3 Å². The molecule has 0 saturated carbocycles. The zero-order valence-electron chi connectivity index (χ0n) is 8.95. The Morgan fingerprint density at radius 1 is 1.41 bits per heavy atom. The number of aliphatic hydroxyl groups is 1. The third-order valence-electron chi connectivity index (χ3n) is 2.52. The summed E-state index contributed by atoms with van der Waals surface area (Å²) in [6.07, 6.45) is -5.46. The molecule has 4 nitrogen and oxygen atoms in total. The highest BCUT2D eigenvalue weighted by atomic mass is 19.1. The third-order valence-corrected chi connectivity index (χ3v) is 2.52. The number of aliphatic hydroxyl groups excluding tert-OH is 1. The average Bonchev–Trinajstić information content (AvgIpc) is 2.57. The van der Waals surface area contributed by atoms with Crippen LogP contribution in [0.15, 0.2) is 30.3 Å². The van der Waals surface area contributed by atoms with Crippen LogP contribution in [0.4, 0.5) is 4.39 Å². The van der Waals surface area contributed by atoms with Crippen molar-refractivity contribution >= 4 is 5.97 Å². The highest BCUT2D eigenvalue weighted by Gasteiger charge is 2.44. The van der Waals surface area contributed by atoms with Gasteiger partial charge in [-0.3, -0.25) is 0 Å². The normalized spacial score (nSPS) is 32.4. The molecule has 0 aromatic heterocycles. The van der Waals surface area contributed by atoms with Crippen LogP contribution < -0.4 is 0 Å². The van der Waals surface area contributed by atoms with E-state index in [0.717, 1.165) is 0 Å². The maximum absolute atomic E-state index is 13.5. The van der Waals surface area contributed by atoms with Crippen LogP contribution in [0.5, 0.6) is 0 Å². The van der Waals surface area contributed by atoms with Gasteiger partial charge in [-0.2, -0.15) is 0 Å². The van der Waals surface area contributed by atoms with Gasteiger partial charge in [0, 0.05) is 0 Å². The second-order valence-electron chi connectivity index (χ2n) is 3.75. The predicted molar refractivity (Wildman–Crippen MR) is 56.8 cm³/mol. The summed E-state index contributed by atoms with van der Waals surface area (Å²) < 4.78 is 23.1. The SMILES string of the molecule is [CH2][C@H]1OC(O)[C@H](OC(=O)c2ccccc2)[C@@H]1F. The van der Waals surface area contributed by atoms with Gasteiger partial charge in [0.2, 0.25) is 0 Å². The summed E-state index contributed by atoms with van der Waals surface area (Å²) in [5.74, 6) is -0.699. The summed E-state index contributed by atoms with van der Waals surface area (Å²) in [6, 6.07) is 8.15. The molecule has 0 aliphatic carbocycles. The first kappa shape index (κ1) is 12.0. The Morgan fingerprint density at radius 3 is 2.59 bits per heavy atom. The van der Waals surface area contributed by atoms with Crippen molar-refractivity contribution in [1.82, 2.24) is 0 Å². The van der Waals surface area contributed by atoms with E-state index in [1.165, 1.54) is 0 Å². The van der Waals surface area contributed by atoms with Crippen molar-refractivity contribution in [2.45, 2.75) is 24.7 Å². The van der Waals surface area contributed by atoms with Gasteiger partial charge in [-0.15, -0.1) is 0 Å². The molecule has 1 aromatic rings. The van der Waals surface area contributed by atoms with Gasteiger partial charge in [-0.1, -0.05) is 18.2 Å². The smallest absolute Gasteiger partial charge is 0.338 e. The van der Waals surface area contributed by atoms with E-state index in [0.29, 0.717) is 5.56 Å². The molecule has 5 heteroatoms. The summed E-state index contributed by atoms with van der Waals surface area (Å²) in [5, 5.41) is 9.35. The molecule has 1 unspecified atom stereocenters. The number of hydrogen-bond acceptors (Lipinski definition) is 4. The van der Waals surface area contributed by atoms with Gasteiger partial charge in [0.25, 0.3) is 0 Å². The Labute approximate surface area is 98.0 Å². The molecule has 1 radical (unpaired) electrons. The summed E-state index contributed by atoms with van der Waals surface area (Å²) in [6.45, 7) is 3.35. The summed E-state index contributed by atoms with van der Waals surface area (Å²) in [5.41, 5.74) is 0.291. The molecule has 1 aliphatic rings. The number of alkyl halides is 1. The number of hydrogen-bond donors (Lipinski definition) is 1. The Morgan fingerprint density at radius 2 is 2.06 bits per heavy atom. The lowest BCUT2D eigenvalue weighted by atomic mass is 10.2. The summed E-state index contributed by atoms with van der Waals surface area (Å²) >= 11 is 0. The molecule has 2 rings (SSSR count). The van der Waals surface area contributed by atoms with Gasteiger partial charge < -0.3 is 14.6 Å². The molecular formula is C12H12FO4. The summed E-state index contributed by atoms with van der Waals surface area (Å²) in [4.78, 5) is 11.6. The molecular weight excluding hydrogens is 227 g/mol. The van der Waals surface area contributed by atoms with E-state index in [2.05, 4.69) is 6.92 Å². The van der Waals surface area contributed by atoms with Gasteiger partial charge in [-0.25, -0.2) is 9.18 Å². The van der Waals surface area contributed by atoms with Crippen LogP contribution in [0.2, 0.25) is 0 Å². The van der Waals surface area contributed by atoms with Crippen LogP contribution in [-0.4, -0.2) is 35.7 Å². The lowest BCUT2D eigenvalue weighted by Gasteiger charge is -2.15. The van der Waals surface area contributed by atoms with Crippen LogP contribution in [0, 0.1) is 6.92 Å². The molecule has 1 fully saturated rings. The predicted octanol–water partition coefficient (Wildman–Crippen LogP) is 1.10. The van der Waals surface area contributed by atoms with Crippen molar-refractivity contribution in [3.8, 4) is 0 Å². The van der Waals surface area contributed by atoms with E-state index in [4.69, 9.17) is 9.47 Å². The zero-order chi connectivity index (χ0) is 12.4. The minimum Gasteiger partial charge on any atom is -0.450 e. The van der Waals surface area contributed by atoms with Crippen molar-refractivity contribution < 1.29 is 23.8 Å². The fraction of sp³-hybridized carbons (Fsp3) is 0.333. The number of esters is 1. The van der Waals surface area contributed by atoms with Crippen molar-refractivity contribution in [3.05, 3.63) is 42.8 Å². The number of benzene rings is 1. The van der Waals surface area contributed by atoms with Crippen LogP contribution >= 0.6 is 0 Å². The first-order valence-electron chi connectivity index (χ1n) is 5.16. The molecule has 17 heavy (non-hydrogen) atoms. The van der Waals surface area contributed by atoms with Gasteiger partial charge in [0.15, 0.2) is 18.6 Å². The molecule has 0 bridgehead atoms. The standard InChI is InChI=1S/C12H12FO4/c1-7-9(13)10(12(15)16-7)17-11(14)8-5-3-2-4-6-8/h2-7,9-10,12,15H,1H2/t7-,9-,10-,12?/m1/s1. The van der Waals surface area contributed by atoms with Crippen LogP contribution in [0.25, 0.3) is 0 Å². The number of carbonyl (C=O) groups is 1. The Balaban J connectivity index is 2.04. The largest absolute Gasteiger partial charge is 0.450 e. The molecule has 0 amide bonds. The molecule has 1 N–H and O–H groups in total. The zero-order valence-corrected chi connectivity index (χ0v) is 8.95. The fourth-order valence-corrected chi connectivity index (χ4v) is 1.59. The lowest BCUT2D eigenvalue weighted by Crippen LogP contribution is -2.34. The van der Waals surface area contributed by atoms with E-state index in [9.17, 15) is 14.3 Å². The highest BCUT2D eigenvalue weighted by Crippen LogP contribution is 2.25. The monoisotopic (exact) mass is 239 g/mol. The van der Waals surface area contributed by atoms with Crippen LogP contribution in [-0.2, 0) is 9.47 Å². The molecule has 91 valence electrons. The van der Waals surface area contributed by atoms with Crippen molar-refractivity contribution in [1.29, 1.82) is 0 Å². The second kappa shape index (κ2) is 4.81. The van der Waals surface area contributed by atoms with Gasteiger partial charge in [0.1, 0.15) is 0 Å². The van der Waals surface area contributed by atoms with Gasteiger partial charge >= 0.3 is 5.97 Å². The molecule has 1 aliphatic heterocycles. The maximum atomic E-state index is 13.5. The third kappa shape index (κ3) is 2.45. The number of carbonyl (C=O) groups excluding carboxylic acids is 1. The molecule has 1 saturated heterocycles. The Kier molecular flexibility index (Phi) is 3.40. The summed E-state index contributed by atoms with van der Waals surface area (Å²) in [7, 11) is 0. The minimum absolute atomic E-state index is 0.291. The van der Waals surface area contributed by atoms with E-state index < -0.39 is 30.6 Å². The number of halogens is 1. The molecule has 1 heterocycles. The highest BCUT2D eigenvalue weighted by molar-refractivity contribution is 5.89. The maximum Gasteiger partial charge on any atom is 0.338 e. The lowest BCUT2D eigenvalue weighted by molar-refractivity contribution is -0.123. The van der Waals surface area contributed by atoms with E-state index in [-0.39, 0.29) is 0 Å². The molecule has 4 atom stereocenters. The number of ether oxygens (including phenoxy) is 2. The Hall–Kier alpha value is -1.46. The first-order valence-corrected chi connectivity index (χ1v) is 5.16. The Bertz CT molecular complexity index is 395. The van der Waals surface area contributed by atoms with Crippen LogP contribution in [0.3, 0.4) is 0 Å². The van der Waals surface area contributed by atoms with E-state index >= 15 is 0 Å². The van der Waals surface area contributed by atoms with Crippen molar-refractivity contribution in [3.63, 3.8) is 0 Å². The van der Waals surface area contributed by atoms with Gasteiger partial charge in [-0.05, 0) is 19.1 Å². The minimum atomic E-state index is -1.63.